The molecule has 0 aliphatic carbocycles. The Bertz CT molecular complexity index is 844. The molecule has 3 aromatic rings. The van der Waals surface area contributed by atoms with E-state index in [4.69, 9.17) is 15.9 Å². The third kappa shape index (κ3) is 2.67. The van der Waals surface area contributed by atoms with Crippen LogP contribution >= 0.6 is 0 Å². The molecule has 0 radical (unpaired) electrons. The fraction of sp³-hybridized carbons (Fsp3) is 0.467. The van der Waals surface area contributed by atoms with Crippen molar-refractivity contribution in [2.45, 2.75) is 31.8 Å². The van der Waals surface area contributed by atoms with E-state index in [-0.39, 0.29) is 11.5 Å². The third-order valence-corrected chi connectivity index (χ3v) is 4.45. The summed E-state index contributed by atoms with van der Waals surface area (Å²) in [4.78, 5) is 10.9. The Labute approximate surface area is 138 Å². The first-order valence-electron chi connectivity index (χ1n) is 7.95. The number of hydrogen-bond donors (Lipinski definition) is 2. The normalized spacial score (nSPS) is 17.5. The maximum atomic E-state index is 6.21. The van der Waals surface area contributed by atoms with Crippen LogP contribution in [0.25, 0.3) is 11.2 Å². The molecule has 0 bridgehead atoms. The summed E-state index contributed by atoms with van der Waals surface area (Å²) in [6.07, 6.45) is 3.40. The van der Waals surface area contributed by atoms with Crippen LogP contribution in [0.4, 0.5) is 11.8 Å². The minimum absolute atomic E-state index is 0.134. The number of hydrogen-bond acceptors (Lipinski definition) is 8. The molecular weight excluding hydrogens is 308 g/mol. The SMILES string of the molecule is CC1(N)CCN(c2nc(N)nc3c2nnn3Cc2ccco2)CC1. The first-order valence-corrected chi connectivity index (χ1v) is 7.95. The average Bonchev–Trinajstić information content (AvgIpc) is 3.18. The molecule has 0 saturated carbocycles. The summed E-state index contributed by atoms with van der Waals surface area (Å²) >= 11 is 0. The third-order valence-electron chi connectivity index (χ3n) is 4.45. The van der Waals surface area contributed by atoms with Gasteiger partial charge in [0.1, 0.15) is 12.3 Å². The van der Waals surface area contributed by atoms with Gasteiger partial charge >= 0.3 is 0 Å². The fourth-order valence-electron chi connectivity index (χ4n) is 2.96. The highest BCUT2D eigenvalue weighted by Crippen LogP contribution is 2.28. The van der Waals surface area contributed by atoms with Gasteiger partial charge in [0.15, 0.2) is 17.0 Å². The van der Waals surface area contributed by atoms with E-state index in [0.29, 0.717) is 17.7 Å². The highest BCUT2D eigenvalue weighted by molar-refractivity contribution is 5.84. The molecule has 1 saturated heterocycles. The Morgan fingerprint density at radius 3 is 2.79 bits per heavy atom. The van der Waals surface area contributed by atoms with Crippen molar-refractivity contribution in [2.75, 3.05) is 23.7 Å². The van der Waals surface area contributed by atoms with Gasteiger partial charge in [-0.3, -0.25) is 0 Å². The molecular formula is C15H20N8O. The molecule has 9 nitrogen and oxygen atoms in total. The number of nitrogens with two attached hydrogens (primary N) is 2. The number of nitrogen functional groups attached to an aromatic ring is 1. The number of piperidine rings is 1. The predicted octanol–water partition coefficient (Wildman–Crippen LogP) is 0.762. The first-order chi connectivity index (χ1) is 11.5. The van der Waals surface area contributed by atoms with Crippen LogP contribution in [0.15, 0.2) is 22.8 Å². The van der Waals surface area contributed by atoms with Gasteiger partial charge in [0.25, 0.3) is 0 Å². The van der Waals surface area contributed by atoms with Gasteiger partial charge in [-0.1, -0.05) is 5.21 Å². The van der Waals surface area contributed by atoms with E-state index >= 15 is 0 Å². The zero-order valence-electron chi connectivity index (χ0n) is 13.5. The van der Waals surface area contributed by atoms with Crippen LogP contribution in [-0.4, -0.2) is 43.6 Å². The Kier molecular flexibility index (Phi) is 3.38. The lowest BCUT2D eigenvalue weighted by Crippen LogP contribution is -2.48. The van der Waals surface area contributed by atoms with E-state index in [9.17, 15) is 0 Å². The molecule has 126 valence electrons. The number of nitrogens with zero attached hydrogens (tertiary/aromatic N) is 6. The first kappa shape index (κ1) is 14.9. The van der Waals surface area contributed by atoms with Crippen molar-refractivity contribution in [1.29, 1.82) is 0 Å². The number of anilines is 2. The maximum absolute atomic E-state index is 6.21. The van der Waals surface area contributed by atoms with E-state index in [2.05, 4.69) is 32.1 Å². The lowest BCUT2D eigenvalue weighted by molar-refractivity contribution is 0.363. The molecule has 0 aromatic carbocycles. The molecule has 0 atom stereocenters. The Morgan fingerprint density at radius 2 is 2.08 bits per heavy atom. The largest absolute Gasteiger partial charge is 0.467 e. The number of aromatic nitrogens is 5. The van der Waals surface area contributed by atoms with Crippen LogP contribution in [0, 0.1) is 0 Å². The molecule has 1 aliphatic rings. The topological polar surface area (TPSA) is 125 Å². The van der Waals surface area contributed by atoms with Crippen molar-refractivity contribution in [3.63, 3.8) is 0 Å². The molecule has 4 heterocycles. The second-order valence-electron chi connectivity index (χ2n) is 6.55. The summed E-state index contributed by atoms with van der Waals surface area (Å²) < 4.78 is 7.04. The minimum Gasteiger partial charge on any atom is -0.467 e. The van der Waals surface area contributed by atoms with E-state index < -0.39 is 0 Å². The van der Waals surface area contributed by atoms with E-state index in [1.165, 1.54) is 0 Å². The summed E-state index contributed by atoms with van der Waals surface area (Å²) in [7, 11) is 0. The predicted molar refractivity (Wildman–Crippen MR) is 89.4 cm³/mol. The van der Waals surface area contributed by atoms with Crippen LogP contribution in [0.1, 0.15) is 25.5 Å². The maximum Gasteiger partial charge on any atom is 0.224 e. The fourth-order valence-corrected chi connectivity index (χ4v) is 2.96. The summed E-state index contributed by atoms with van der Waals surface area (Å²) in [5.41, 5.74) is 13.3. The molecule has 24 heavy (non-hydrogen) atoms. The second kappa shape index (κ2) is 5.45. The van der Waals surface area contributed by atoms with Crippen molar-refractivity contribution in [3.8, 4) is 0 Å². The van der Waals surface area contributed by atoms with E-state index in [0.717, 1.165) is 37.5 Å². The molecule has 9 heteroatoms. The summed E-state index contributed by atoms with van der Waals surface area (Å²) in [5.74, 6) is 1.71. The highest BCUT2D eigenvalue weighted by Gasteiger charge is 2.28. The van der Waals surface area contributed by atoms with Gasteiger partial charge in [-0.05, 0) is 31.9 Å². The molecule has 0 amide bonds. The van der Waals surface area contributed by atoms with Crippen molar-refractivity contribution < 1.29 is 4.42 Å². The van der Waals surface area contributed by atoms with Gasteiger partial charge < -0.3 is 20.8 Å². The molecule has 3 aromatic heterocycles. The average molecular weight is 328 g/mol. The van der Waals surface area contributed by atoms with Crippen LogP contribution < -0.4 is 16.4 Å². The monoisotopic (exact) mass is 328 g/mol. The van der Waals surface area contributed by atoms with Gasteiger partial charge in [0.05, 0.1) is 6.26 Å². The van der Waals surface area contributed by atoms with Crippen molar-refractivity contribution in [3.05, 3.63) is 24.2 Å². The van der Waals surface area contributed by atoms with E-state index in [1.807, 2.05) is 12.1 Å². The standard InChI is InChI=1S/C15H20N8O/c1-15(17)4-6-22(7-5-15)12-11-13(19-14(16)18-12)23(21-20-11)9-10-3-2-8-24-10/h2-3,8H,4-7,9,17H2,1H3,(H2,16,18,19). The Hall–Kier alpha value is -2.68. The molecule has 0 unspecified atom stereocenters. The second-order valence-corrected chi connectivity index (χ2v) is 6.55. The number of fused-ring (bicyclic) bond motifs is 1. The van der Waals surface area contributed by atoms with E-state index in [1.54, 1.807) is 10.9 Å². The van der Waals surface area contributed by atoms with Gasteiger partial charge in [-0.15, -0.1) is 5.10 Å². The van der Waals surface area contributed by atoms with Gasteiger partial charge in [-0.25, -0.2) is 4.68 Å². The van der Waals surface area contributed by atoms with Crippen LogP contribution in [0.2, 0.25) is 0 Å². The quantitative estimate of drug-likeness (QED) is 0.722. The van der Waals surface area contributed by atoms with Crippen LogP contribution in [0.3, 0.4) is 0 Å². The molecule has 4 N–H and O–H groups in total. The van der Waals surface area contributed by atoms with Crippen molar-refractivity contribution in [2.24, 2.45) is 5.73 Å². The van der Waals surface area contributed by atoms with Crippen molar-refractivity contribution in [1.82, 2.24) is 25.0 Å². The zero-order valence-corrected chi connectivity index (χ0v) is 13.5. The molecule has 4 rings (SSSR count). The number of rotatable bonds is 3. The molecule has 0 spiro atoms. The Balaban J connectivity index is 1.70. The lowest BCUT2D eigenvalue weighted by Gasteiger charge is -2.37. The number of furan rings is 1. The van der Waals surface area contributed by atoms with Crippen LogP contribution in [-0.2, 0) is 6.54 Å². The zero-order chi connectivity index (χ0) is 16.7. The summed E-state index contributed by atoms with van der Waals surface area (Å²) in [5, 5.41) is 8.46. The Morgan fingerprint density at radius 1 is 1.29 bits per heavy atom. The lowest BCUT2D eigenvalue weighted by atomic mass is 9.91. The molecule has 1 fully saturated rings. The van der Waals surface area contributed by atoms with Gasteiger partial charge in [0.2, 0.25) is 5.95 Å². The summed E-state index contributed by atoms with van der Waals surface area (Å²) in [6, 6.07) is 3.71. The molecule has 1 aliphatic heterocycles. The van der Waals surface area contributed by atoms with Gasteiger partial charge in [-0.2, -0.15) is 9.97 Å². The minimum atomic E-state index is -0.134. The smallest absolute Gasteiger partial charge is 0.224 e. The summed E-state index contributed by atoms with van der Waals surface area (Å²) in [6.45, 7) is 4.14. The highest BCUT2D eigenvalue weighted by atomic mass is 16.3. The van der Waals surface area contributed by atoms with Gasteiger partial charge in [0, 0.05) is 18.6 Å². The van der Waals surface area contributed by atoms with Crippen LogP contribution in [0.5, 0.6) is 0 Å². The van der Waals surface area contributed by atoms with Crippen molar-refractivity contribution >= 4 is 22.9 Å².